The number of aryl methyl sites for hydroxylation is 1. The minimum Gasteiger partial charge on any atom is -0.311 e. The van der Waals surface area contributed by atoms with Crippen LogP contribution in [0.5, 0.6) is 0 Å². The van der Waals surface area contributed by atoms with Crippen molar-refractivity contribution in [3.05, 3.63) is 58.4 Å². The molecule has 3 nitrogen and oxygen atoms in total. The van der Waals surface area contributed by atoms with E-state index in [1.165, 1.54) is 12.1 Å². The van der Waals surface area contributed by atoms with Crippen molar-refractivity contribution in [2.24, 2.45) is 0 Å². The van der Waals surface area contributed by atoms with E-state index >= 15 is 0 Å². The molecule has 1 N–H and O–H groups in total. The zero-order valence-electron chi connectivity index (χ0n) is 10.8. The van der Waals surface area contributed by atoms with Crippen molar-refractivity contribution in [2.45, 2.75) is 19.4 Å². The summed E-state index contributed by atoms with van der Waals surface area (Å²) in [5, 5.41) is 3.60. The van der Waals surface area contributed by atoms with Crippen LogP contribution in [0.15, 0.2) is 30.6 Å². The number of aromatic nitrogens is 2. The van der Waals surface area contributed by atoms with Gasteiger partial charge >= 0.3 is 0 Å². The lowest BCUT2D eigenvalue weighted by Crippen LogP contribution is -2.20. The maximum absolute atomic E-state index is 13.0. The van der Waals surface area contributed by atoms with E-state index in [0.29, 0.717) is 11.4 Å². The minimum atomic E-state index is -0.329. The lowest BCUT2D eigenvalue weighted by molar-refractivity contribution is 0.570. The molecule has 1 unspecified atom stereocenters. The van der Waals surface area contributed by atoms with E-state index in [-0.39, 0.29) is 11.9 Å². The van der Waals surface area contributed by atoms with Gasteiger partial charge in [-0.05, 0) is 38.1 Å². The molecule has 5 heteroatoms. The molecular formula is C14H15ClFN3. The summed E-state index contributed by atoms with van der Waals surface area (Å²) in [6.45, 7) is 1.89. The number of nitrogens with one attached hydrogen (secondary N) is 1. The molecule has 0 aliphatic carbocycles. The number of likely N-dealkylation sites (N-methyl/N-ethyl adjacent to an activating group) is 1. The standard InChI is InChI=1S/C14H15ClFN3/c1-9-7-19-14(8-18-9)13(17-2)5-10-3-4-11(16)6-12(10)15/h3-4,6-8,13,17H,5H2,1-2H3. The number of rotatable bonds is 4. The van der Waals surface area contributed by atoms with E-state index in [0.717, 1.165) is 17.0 Å². The molecule has 0 spiro atoms. The summed E-state index contributed by atoms with van der Waals surface area (Å²) in [6.07, 6.45) is 4.10. The molecule has 0 radical (unpaired) electrons. The van der Waals surface area contributed by atoms with Crippen LogP contribution in [0.25, 0.3) is 0 Å². The van der Waals surface area contributed by atoms with Crippen LogP contribution in [0.4, 0.5) is 4.39 Å². The van der Waals surface area contributed by atoms with Crippen LogP contribution in [-0.2, 0) is 6.42 Å². The highest BCUT2D eigenvalue weighted by Crippen LogP contribution is 2.23. The fourth-order valence-electron chi connectivity index (χ4n) is 1.84. The number of nitrogens with zero attached hydrogens (tertiary/aromatic N) is 2. The third kappa shape index (κ3) is 3.49. The van der Waals surface area contributed by atoms with Gasteiger partial charge in [0.1, 0.15) is 5.82 Å². The maximum Gasteiger partial charge on any atom is 0.124 e. The summed E-state index contributed by atoms with van der Waals surface area (Å²) in [7, 11) is 1.85. The van der Waals surface area contributed by atoms with E-state index in [2.05, 4.69) is 15.3 Å². The second-order valence-electron chi connectivity index (χ2n) is 4.36. The van der Waals surface area contributed by atoms with Crippen LogP contribution in [-0.4, -0.2) is 17.0 Å². The first-order valence-electron chi connectivity index (χ1n) is 6.00. The molecule has 1 aromatic heterocycles. The Kier molecular flexibility index (Phi) is 4.45. The van der Waals surface area contributed by atoms with Crippen molar-refractivity contribution < 1.29 is 4.39 Å². The van der Waals surface area contributed by atoms with Crippen molar-refractivity contribution in [1.82, 2.24) is 15.3 Å². The van der Waals surface area contributed by atoms with Gasteiger partial charge in [0, 0.05) is 11.2 Å². The van der Waals surface area contributed by atoms with Gasteiger partial charge in [-0.1, -0.05) is 17.7 Å². The topological polar surface area (TPSA) is 37.8 Å². The maximum atomic E-state index is 13.0. The number of hydrogen-bond donors (Lipinski definition) is 1. The summed E-state index contributed by atoms with van der Waals surface area (Å²) in [5.74, 6) is -0.329. The van der Waals surface area contributed by atoms with Crippen LogP contribution < -0.4 is 5.32 Å². The van der Waals surface area contributed by atoms with Crippen molar-refractivity contribution in [1.29, 1.82) is 0 Å². The first-order chi connectivity index (χ1) is 9.10. The summed E-state index contributed by atoms with van der Waals surface area (Å²) in [6, 6.07) is 4.43. The molecule has 100 valence electrons. The quantitative estimate of drug-likeness (QED) is 0.935. The molecule has 0 saturated heterocycles. The molecule has 1 atom stereocenters. The first kappa shape index (κ1) is 13.9. The molecule has 0 fully saturated rings. The van der Waals surface area contributed by atoms with Gasteiger partial charge in [-0.3, -0.25) is 9.97 Å². The number of benzene rings is 1. The highest BCUT2D eigenvalue weighted by Gasteiger charge is 2.14. The predicted octanol–water partition coefficient (Wildman–Crippen LogP) is 3.08. The second kappa shape index (κ2) is 6.08. The van der Waals surface area contributed by atoms with Gasteiger partial charge in [-0.25, -0.2) is 4.39 Å². The highest BCUT2D eigenvalue weighted by atomic mass is 35.5. The van der Waals surface area contributed by atoms with Gasteiger partial charge in [-0.2, -0.15) is 0 Å². The molecule has 1 heterocycles. The Labute approximate surface area is 116 Å². The van der Waals surface area contributed by atoms with Crippen LogP contribution in [0.2, 0.25) is 5.02 Å². The van der Waals surface area contributed by atoms with Crippen molar-refractivity contribution in [3.8, 4) is 0 Å². The van der Waals surface area contributed by atoms with Crippen LogP contribution in [0.1, 0.15) is 23.0 Å². The third-order valence-electron chi connectivity index (χ3n) is 2.95. The van der Waals surface area contributed by atoms with Crippen LogP contribution >= 0.6 is 11.6 Å². The molecule has 0 aliphatic rings. The molecule has 1 aromatic carbocycles. The van der Waals surface area contributed by atoms with E-state index in [1.54, 1.807) is 18.5 Å². The molecule has 0 amide bonds. The average Bonchev–Trinajstić information content (AvgIpc) is 2.39. The molecule has 0 saturated carbocycles. The van der Waals surface area contributed by atoms with Gasteiger partial charge in [0.05, 0.1) is 23.6 Å². The van der Waals surface area contributed by atoms with Crippen molar-refractivity contribution >= 4 is 11.6 Å². The summed E-state index contributed by atoms with van der Waals surface area (Å²) >= 11 is 6.04. The molecular weight excluding hydrogens is 265 g/mol. The van der Waals surface area contributed by atoms with Crippen molar-refractivity contribution in [3.63, 3.8) is 0 Å². The molecule has 2 aromatic rings. The second-order valence-corrected chi connectivity index (χ2v) is 4.77. The third-order valence-corrected chi connectivity index (χ3v) is 3.30. The van der Waals surface area contributed by atoms with Crippen molar-refractivity contribution in [2.75, 3.05) is 7.05 Å². The van der Waals surface area contributed by atoms with Gasteiger partial charge in [0.15, 0.2) is 0 Å². The summed E-state index contributed by atoms with van der Waals surface area (Å²) in [4.78, 5) is 8.58. The predicted molar refractivity (Wildman–Crippen MR) is 73.7 cm³/mol. The average molecular weight is 280 g/mol. The molecule has 0 aliphatic heterocycles. The minimum absolute atomic E-state index is 0.00365. The van der Waals surface area contributed by atoms with E-state index in [4.69, 9.17) is 11.6 Å². The largest absolute Gasteiger partial charge is 0.311 e. The lowest BCUT2D eigenvalue weighted by Gasteiger charge is -2.16. The summed E-state index contributed by atoms with van der Waals surface area (Å²) in [5.41, 5.74) is 2.59. The zero-order chi connectivity index (χ0) is 13.8. The Morgan fingerprint density at radius 1 is 1.32 bits per heavy atom. The van der Waals surface area contributed by atoms with E-state index < -0.39 is 0 Å². The first-order valence-corrected chi connectivity index (χ1v) is 6.37. The SMILES string of the molecule is CNC(Cc1ccc(F)cc1Cl)c1cnc(C)cn1. The van der Waals surface area contributed by atoms with Gasteiger partial charge in [0.2, 0.25) is 0 Å². The lowest BCUT2D eigenvalue weighted by atomic mass is 10.0. The molecule has 2 rings (SSSR count). The normalized spacial score (nSPS) is 12.4. The monoisotopic (exact) mass is 279 g/mol. The zero-order valence-corrected chi connectivity index (χ0v) is 11.6. The van der Waals surface area contributed by atoms with E-state index in [1.807, 2.05) is 14.0 Å². The van der Waals surface area contributed by atoms with Crippen LogP contribution in [0.3, 0.4) is 0 Å². The number of halogens is 2. The number of hydrogen-bond acceptors (Lipinski definition) is 3. The van der Waals surface area contributed by atoms with E-state index in [9.17, 15) is 4.39 Å². The fraction of sp³-hybridized carbons (Fsp3) is 0.286. The van der Waals surface area contributed by atoms with Gasteiger partial charge in [-0.15, -0.1) is 0 Å². The smallest absolute Gasteiger partial charge is 0.124 e. The Morgan fingerprint density at radius 2 is 2.11 bits per heavy atom. The molecule has 0 bridgehead atoms. The Bertz CT molecular complexity index is 557. The summed E-state index contributed by atoms with van der Waals surface area (Å²) < 4.78 is 13.0. The Morgan fingerprint density at radius 3 is 2.68 bits per heavy atom. The Hall–Kier alpha value is -1.52. The van der Waals surface area contributed by atoms with Gasteiger partial charge in [0.25, 0.3) is 0 Å². The fourth-order valence-corrected chi connectivity index (χ4v) is 2.09. The van der Waals surface area contributed by atoms with Crippen LogP contribution in [0, 0.1) is 12.7 Å². The molecule has 19 heavy (non-hydrogen) atoms. The Balaban J connectivity index is 2.21. The highest BCUT2D eigenvalue weighted by molar-refractivity contribution is 6.31. The van der Waals surface area contributed by atoms with Gasteiger partial charge < -0.3 is 5.32 Å².